The lowest BCUT2D eigenvalue weighted by Crippen LogP contribution is -2.53. The van der Waals surface area contributed by atoms with Gasteiger partial charge in [0.15, 0.2) is 0 Å². The lowest BCUT2D eigenvalue weighted by atomic mass is 9.44. The van der Waals surface area contributed by atoms with Crippen LogP contribution in [0.2, 0.25) is 0 Å². The van der Waals surface area contributed by atoms with E-state index in [1.54, 1.807) is 0 Å². The zero-order valence-corrected chi connectivity index (χ0v) is 23.1. The molecule has 0 aromatic carbocycles. The molecule has 0 bridgehead atoms. The quantitative estimate of drug-likeness (QED) is 0.419. The normalized spacial score (nSPS) is 39.9. The first kappa shape index (κ1) is 28.7. The maximum Gasteiger partial charge on any atom is 0.305 e. The second kappa shape index (κ2) is 12.9. The number of rotatable bonds is 5. The summed E-state index contributed by atoms with van der Waals surface area (Å²) in [5.41, 5.74) is 1.17. The van der Waals surface area contributed by atoms with Crippen molar-refractivity contribution in [2.24, 2.45) is 46.3 Å². The molecule has 0 aliphatic heterocycles. The number of fused-ring (bicyclic) bond motifs is 5. The number of hydrogen-bond donors (Lipinski definition) is 1. The minimum absolute atomic E-state index is 0.0335. The van der Waals surface area contributed by atoms with Crippen LogP contribution in [0.5, 0.6) is 0 Å². The predicted octanol–water partition coefficient (Wildman–Crippen LogP) is 8.04. The highest BCUT2D eigenvalue weighted by atomic mass is 16.5. The molecule has 4 saturated carbocycles. The number of carbonyl (C=O) groups is 1. The Bertz CT molecular complexity index is 587. The SMILES string of the molecule is CC.CCCO.COC(=O)CC[C@@H](C)C1CCC2C3CCC4CCCCC4(C)C3CCC21C. The van der Waals surface area contributed by atoms with E-state index in [0.717, 1.165) is 42.4 Å². The molecule has 8 atom stereocenters. The number of ether oxygens (including phenoxy) is 1. The average Bonchev–Trinajstić information content (AvgIpc) is 3.20. The van der Waals surface area contributed by atoms with Crippen molar-refractivity contribution in [1.82, 2.24) is 0 Å². The van der Waals surface area contributed by atoms with Gasteiger partial charge >= 0.3 is 5.97 Å². The molecule has 3 heteroatoms. The van der Waals surface area contributed by atoms with Gasteiger partial charge in [0, 0.05) is 13.0 Å². The number of carbonyl (C=O) groups excluding carboxylic acids is 1. The standard InChI is InChI=1S/C25H42O2.C3H8O.C2H6/c1-17(8-13-23(26)27-4)20-11-12-21-19-10-9-18-7-5-6-15-24(18,2)22(19)14-16-25(20,21)3;1-2-3-4;1-2/h17-22H,5-16H2,1-4H3;4H,2-3H2,1H3;1-2H3/t17-,18?,19?,20?,21?,22?,24?,25?;;/m1../s1. The molecule has 7 unspecified atom stereocenters. The van der Waals surface area contributed by atoms with Crippen LogP contribution in [0.15, 0.2) is 0 Å². The van der Waals surface area contributed by atoms with Crippen molar-refractivity contribution in [2.75, 3.05) is 13.7 Å². The monoisotopic (exact) mass is 464 g/mol. The van der Waals surface area contributed by atoms with Gasteiger partial charge in [0.25, 0.3) is 0 Å². The summed E-state index contributed by atoms with van der Waals surface area (Å²) in [5, 5.41) is 7.88. The van der Waals surface area contributed by atoms with Crippen molar-refractivity contribution in [1.29, 1.82) is 0 Å². The summed E-state index contributed by atoms with van der Waals surface area (Å²) >= 11 is 0. The Morgan fingerprint density at radius 2 is 1.64 bits per heavy atom. The van der Waals surface area contributed by atoms with Crippen molar-refractivity contribution in [3.8, 4) is 0 Å². The smallest absolute Gasteiger partial charge is 0.305 e. The van der Waals surface area contributed by atoms with Crippen molar-refractivity contribution in [3.05, 3.63) is 0 Å². The molecule has 0 radical (unpaired) electrons. The van der Waals surface area contributed by atoms with E-state index in [-0.39, 0.29) is 5.97 Å². The van der Waals surface area contributed by atoms with Gasteiger partial charge in [-0.25, -0.2) is 0 Å². The Morgan fingerprint density at radius 1 is 0.970 bits per heavy atom. The fraction of sp³-hybridized carbons (Fsp3) is 0.967. The second-order valence-electron chi connectivity index (χ2n) is 11.9. The summed E-state index contributed by atoms with van der Waals surface area (Å²) in [6.07, 6.45) is 17.2. The minimum Gasteiger partial charge on any atom is -0.469 e. The minimum atomic E-state index is -0.0335. The molecule has 4 fully saturated rings. The molecule has 1 N–H and O–H groups in total. The van der Waals surface area contributed by atoms with Crippen molar-refractivity contribution in [3.63, 3.8) is 0 Å². The molecular weight excluding hydrogens is 408 g/mol. The Labute approximate surface area is 205 Å². The van der Waals surface area contributed by atoms with E-state index in [9.17, 15) is 4.79 Å². The van der Waals surface area contributed by atoms with Gasteiger partial charge in [0.2, 0.25) is 0 Å². The van der Waals surface area contributed by atoms with Crippen molar-refractivity contribution >= 4 is 5.97 Å². The van der Waals surface area contributed by atoms with Crippen LogP contribution in [-0.2, 0) is 9.53 Å². The van der Waals surface area contributed by atoms with E-state index in [2.05, 4.69) is 20.8 Å². The summed E-state index contributed by atoms with van der Waals surface area (Å²) in [5.74, 6) is 5.38. The molecule has 3 nitrogen and oxygen atoms in total. The number of aliphatic hydroxyl groups excluding tert-OH is 1. The summed E-state index contributed by atoms with van der Waals surface area (Å²) in [6.45, 7) is 14.0. The highest BCUT2D eigenvalue weighted by Gasteiger charge is 2.60. The Kier molecular flexibility index (Phi) is 11.2. The van der Waals surface area contributed by atoms with E-state index >= 15 is 0 Å². The first-order valence-corrected chi connectivity index (χ1v) is 14.5. The Morgan fingerprint density at radius 3 is 2.27 bits per heavy atom. The van der Waals surface area contributed by atoms with E-state index in [1.807, 2.05) is 20.8 Å². The lowest BCUT2D eigenvalue weighted by Gasteiger charge is -2.61. The van der Waals surface area contributed by atoms with Crippen LogP contribution in [-0.4, -0.2) is 24.8 Å². The first-order chi connectivity index (χ1) is 15.8. The molecule has 0 heterocycles. The van der Waals surface area contributed by atoms with Crippen LogP contribution in [0.4, 0.5) is 0 Å². The van der Waals surface area contributed by atoms with Gasteiger partial charge in [-0.05, 0) is 111 Å². The molecule has 4 aliphatic rings. The third-order valence-corrected chi connectivity index (χ3v) is 10.6. The Balaban J connectivity index is 0.000000582. The number of aliphatic hydroxyl groups is 1. The molecule has 4 aliphatic carbocycles. The van der Waals surface area contributed by atoms with Gasteiger partial charge in [-0.15, -0.1) is 0 Å². The highest BCUT2D eigenvalue weighted by molar-refractivity contribution is 5.69. The first-order valence-electron chi connectivity index (χ1n) is 14.5. The molecule has 33 heavy (non-hydrogen) atoms. The van der Waals surface area contributed by atoms with Gasteiger partial charge in [0.05, 0.1) is 7.11 Å². The van der Waals surface area contributed by atoms with E-state index in [0.29, 0.717) is 29.8 Å². The van der Waals surface area contributed by atoms with Crippen molar-refractivity contribution in [2.45, 2.75) is 125 Å². The highest BCUT2D eigenvalue weighted by Crippen LogP contribution is 2.68. The number of methoxy groups -OCH3 is 1. The third-order valence-electron chi connectivity index (χ3n) is 10.6. The van der Waals surface area contributed by atoms with Crippen LogP contribution in [0.25, 0.3) is 0 Å². The fourth-order valence-corrected chi connectivity index (χ4v) is 8.92. The van der Waals surface area contributed by atoms with E-state index in [4.69, 9.17) is 9.84 Å². The number of hydrogen-bond acceptors (Lipinski definition) is 3. The topological polar surface area (TPSA) is 46.5 Å². The maximum absolute atomic E-state index is 11.6. The van der Waals surface area contributed by atoms with Crippen LogP contribution in [0.3, 0.4) is 0 Å². The van der Waals surface area contributed by atoms with Gasteiger partial charge in [0.1, 0.15) is 0 Å². The molecule has 0 spiro atoms. The summed E-state index contributed by atoms with van der Waals surface area (Å²) in [6, 6.07) is 0. The second-order valence-corrected chi connectivity index (χ2v) is 11.9. The molecule has 0 aromatic heterocycles. The number of esters is 1. The van der Waals surface area contributed by atoms with Gasteiger partial charge in [-0.3, -0.25) is 4.79 Å². The maximum atomic E-state index is 11.6. The predicted molar refractivity (Wildman–Crippen MR) is 139 cm³/mol. The van der Waals surface area contributed by atoms with E-state index < -0.39 is 0 Å². The molecule has 4 rings (SSSR count). The molecule has 0 amide bonds. The molecule has 0 saturated heterocycles. The summed E-state index contributed by atoms with van der Waals surface area (Å²) < 4.78 is 4.89. The lowest BCUT2D eigenvalue weighted by molar-refractivity contribution is -0.141. The van der Waals surface area contributed by atoms with Gasteiger partial charge < -0.3 is 9.84 Å². The van der Waals surface area contributed by atoms with Crippen molar-refractivity contribution < 1.29 is 14.6 Å². The van der Waals surface area contributed by atoms with Crippen LogP contribution >= 0.6 is 0 Å². The summed E-state index contributed by atoms with van der Waals surface area (Å²) in [7, 11) is 1.52. The third kappa shape index (κ3) is 5.99. The summed E-state index contributed by atoms with van der Waals surface area (Å²) in [4.78, 5) is 11.6. The van der Waals surface area contributed by atoms with E-state index in [1.165, 1.54) is 71.3 Å². The Hall–Kier alpha value is -0.570. The average molecular weight is 465 g/mol. The molecular formula is C30H56O3. The van der Waals surface area contributed by atoms with Crippen LogP contribution in [0, 0.1) is 46.3 Å². The van der Waals surface area contributed by atoms with Crippen LogP contribution < -0.4 is 0 Å². The van der Waals surface area contributed by atoms with Gasteiger partial charge in [-0.1, -0.05) is 54.4 Å². The zero-order valence-electron chi connectivity index (χ0n) is 23.1. The largest absolute Gasteiger partial charge is 0.469 e. The van der Waals surface area contributed by atoms with Gasteiger partial charge in [-0.2, -0.15) is 0 Å². The zero-order chi connectivity index (χ0) is 24.6. The molecule has 194 valence electrons. The molecule has 0 aromatic rings. The fourth-order valence-electron chi connectivity index (χ4n) is 8.92. The van der Waals surface area contributed by atoms with Crippen LogP contribution in [0.1, 0.15) is 125 Å².